The van der Waals surface area contributed by atoms with Crippen molar-refractivity contribution in [3.63, 3.8) is 0 Å². The molecule has 2 aromatic carbocycles. The molecule has 0 saturated carbocycles. The number of aromatic nitrogens is 1. The second-order valence-electron chi connectivity index (χ2n) is 5.85. The number of rotatable bonds is 1. The number of benzene rings is 2. The molecule has 0 saturated heterocycles. The fraction of sp³-hybridized carbons (Fsp3) is 0.100. The first-order chi connectivity index (χ1) is 11.6. The van der Waals surface area contributed by atoms with Gasteiger partial charge in [-0.3, -0.25) is 0 Å². The Hall–Kier alpha value is -3.19. The van der Waals surface area contributed by atoms with Crippen LogP contribution in [0.2, 0.25) is 0 Å². The first-order valence-corrected chi connectivity index (χ1v) is 7.58. The Kier molecular flexibility index (Phi) is 3.10. The lowest BCUT2D eigenvalue weighted by molar-refractivity contribution is -0.660. The molecule has 2 aromatic heterocycles. The second kappa shape index (κ2) is 5.17. The molecular formula is C20H14FN2O+. The predicted molar refractivity (Wildman–Crippen MR) is 91.3 cm³/mol. The highest BCUT2D eigenvalue weighted by molar-refractivity contribution is 6.10. The molecule has 0 N–H and O–H groups in total. The van der Waals surface area contributed by atoms with Crippen LogP contribution in [0.25, 0.3) is 38.0 Å². The van der Waals surface area contributed by atoms with E-state index in [4.69, 9.17) is 11.0 Å². The molecule has 0 atom stereocenters. The standard InChI is InChI=1S/C20H14FN2O/c1-12-10-15-13-7-8-16(21)19(22-2)20(13)24-18(15)11-14(12)17-6-4-5-9-23(17)3/h4-11H,1,3H3/q+1. The molecule has 0 unspecified atom stereocenters. The summed E-state index contributed by atoms with van der Waals surface area (Å²) in [5.41, 5.74) is 4.12. The maximum atomic E-state index is 13.8. The summed E-state index contributed by atoms with van der Waals surface area (Å²) in [5.74, 6) is -0.553. The summed E-state index contributed by atoms with van der Waals surface area (Å²) in [7, 11) is 1.99. The van der Waals surface area contributed by atoms with Crippen LogP contribution < -0.4 is 4.57 Å². The lowest BCUT2D eigenvalue weighted by Crippen LogP contribution is -2.30. The van der Waals surface area contributed by atoms with E-state index in [9.17, 15) is 4.39 Å². The average molecular weight is 317 g/mol. The van der Waals surface area contributed by atoms with E-state index in [-0.39, 0.29) is 5.69 Å². The first-order valence-electron chi connectivity index (χ1n) is 7.58. The number of aryl methyl sites for hydroxylation is 2. The van der Waals surface area contributed by atoms with Crippen LogP contribution in [0.4, 0.5) is 10.1 Å². The van der Waals surface area contributed by atoms with Gasteiger partial charge in [-0.05, 0) is 36.8 Å². The number of furan rings is 1. The Labute approximate surface area is 138 Å². The summed E-state index contributed by atoms with van der Waals surface area (Å²) in [4.78, 5) is 3.29. The van der Waals surface area contributed by atoms with Crippen molar-refractivity contribution in [2.24, 2.45) is 7.05 Å². The number of halogens is 1. The number of pyridine rings is 1. The molecule has 4 aromatic rings. The maximum Gasteiger partial charge on any atom is 0.264 e. The smallest absolute Gasteiger partial charge is 0.264 e. The Morgan fingerprint density at radius 3 is 2.71 bits per heavy atom. The Bertz CT molecular complexity index is 1150. The minimum Gasteiger partial charge on any atom is -0.467 e. The molecule has 0 amide bonds. The third kappa shape index (κ3) is 1.99. The molecule has 0 aliphatic rings. The van der Waals surface area contributed by atoms with Crippen LogP contribution in [0.3, 0.4) is 0 Å². The Morgan fingerprint density at radius 2 is 1.96 bits per heavy atom. The summed E-state index contributed by atoms with van der Waals surface area (Å²) < 4.78 is 21.7. The van der Waals surface area contributed by atoms with Gasteiger partial charge in [-0.25, -0.2) is 13.8 Å². The summed E-state index contributed by atoms with van der Waals surface area (Å²) in [6.07, 6.45) is 1.99. The van der Waals surface area contributed by atoms with Gasteiger partial charge in [0.1, 0.15) is 24.0 Å². The number of hydrogen-bond acceptors (Lipinski definition) is 1. The summed E-state index contributed by atoms with van der Waals surface area (Å²) in [6.45, 7) is 9.25. The van der Waals surface area contributed by atoms with Gasteiger partial charge in [0, 0.05) is 22.9 Å². The third-order valence-corrected chi connectivity index (χ3v) is 4.35. The largest absolute Gasteiger partial charge is 0.467 e. The normalized spacial score (nSPS) is 11.1. The highest BCUT2D eigenvalue weighted by Gasteiger charge is 2.18. The maximum absolute atomic E-state index is 13.8. The zero-order valence-electron chi connectivity index (χ0n) is 13.3. The quantitative estimate of drug-likeness (QED) is 0.354. The van der Waals surface area contributed by atoms with E-state index in [0.717, 1.165) is 27.6 Å². The fourth-order valence-corrected chi connectivity index (χ4v) is 3.14. The molecule has 116 valence electrons. The van der Waals surface area contributed by atoms with Crippen molar-refractivity contribution < 1.29 is 13.4 Å². The molecule has 0 aliphatic carbocycles. The number of fused-ring (bicyclic) bond motifs is 3. The topological polar surface area (TPSA) is 21.4 Å². The first kappa shape index (κ1) is 14.4. The number of nitrogens with zero attached hydrogens (tertiary/aromatic N) is 2. The van der Waals surface area contributed by atoms with Gasteiger partial charge in [0.05, 0.1) is 12.1 Å². The molecule has 0 aliphatic heterocycles. The lowest BCUT2D eigenvalue weighted by atomic mass is 10.0. The molecule has 4 rings (SSSR count). The van der Waals surface area contributed by atoms with Crippen molar-refractivity contribution in [3.05, 3.63) is 71.5 Å². The third-order valence-electron chi connectivity index (χ3n) is 4.35. The van der Waals surface area contributed by atoms with E-state index >= 15 is 0 Å². The Balaban J connectivity index is 2.08. The van der Waals surface area contributed by atoms with Gasteiger partial charge >= 0.3 is 0 Å². The van der Waals surface area contributed by atoms with Gasteiger partial charge in [0.25, 0.3) is 5.69 Å². The molecule has 3 nitrogen and oxygen atoms in total. The summed E-state index contributed by atoms with van der Waals surface area (Å²) >= 11 is 0. The van der Waals surface area contributed by atoms with Crippen molar-refractivity contribution in [1.82, 2.24) is 0 Å². The summed E-state index contributed by atoms with van der Waals surface area (Å²) in [6, 6.07) is 13.0. The van der Waals surface area contributed by atoms with Gasteiger partial charge in [-0.1, -0.05) is 6.07 Å². The van der Waals surface area contributed by atoms with Crippen LogP contribution in [0.5, 0.6) is 0 Å². The van der Waals surface area contributed by atoms with E-state index in [0.29, 0.717) is 11.2 Å². The highest BCUT2D eigenvalue weighted by atomic mass is 19.1. The van der Waals surface area contributed by atoms with E-state index in [1.807, 2.05) is 55.1 Å². The van der Waals surface area contributed by atoms with Gasteiger partial charge < -0.3 is 4.42 Å². The van der Waals surface area contributed by atoms with Crippen LogP contribution in [-0.2, 0) is 7.05 Å². The molecule has 24 heavy (non-hydrogen) atoms. The van der Waals surface area contributed by atoms with E-state index in [1.165, 1.54) is 6.07 Å². The van der Waals surface area contributed by atoms with Gasteiger partial charge in [-0.15, -0.1) is 0 Å². The minimum atomic E-state index is -0.553. The molecule has 2 heterocycles. The highest BCUT2D eigenvalue weighted by Crippen LogP contribution is 2.38. The summed E-state index contributed by atoms with van der Waals surface area (Å²) in [5, 5.41) is 1.67. The molecule has 0 spiro atoms. The van der Waals surface area contributed by atoms with Crippen LogP contribution in [-0.4, -0.2) is 0 Å². The average Bonchev–Trinajstić information content (AvgIpc) is 2.92. The monoisotopic (exact) mass is 317 g/mol. The zero-order chi connectivity index (χ0) is 16.8. The van der Waals surface area contributed by atoms with E-state index in [2.05, 4.69) is 4.85 Å². The van der Waals surface area contributed by atoms with Gasteiger partial charge in [0.2, 0.25) is 5.69 Å². The second-order valence-corrected chi connectivity index (χ2v) is 5.85. The number of hydrogen-bond donors (Lipinski definition) is 0. The SMILES string of the molecule is [C-]#[N+]c1c(F)ccc2c1oc1cc(-c3cccc[n+]3C)c(C)cc12. The van der Waals surface area contributed by atoms with Crippen molar-refractivity contribution in [2.45, 2.75) is 6.92 Å². The van der Waals surface area contributed by atoms with E-state index < -0.39 is 5.82 Å². The minimum absolute atomic E-state index is 0.0619. The predicted octanol–water partition coefficient (Wildman–Crippen LogP) is 5.08. The van der Waals surface area contributed by atoms with Crippen LogP contribution in [0.1, 0.15) is 5.56 Å². The molecule has 0 bridgehead atoms. The van der Waals surface area contributed by atoms with Crippen molar-refractivity contribution in [3.8, 4) is 11.3 Å². The van der Waals surface area contributed by atoms with Crippen LogP contribution >= 0.6 is 0 Å². The van der Waals surface area contributed by atoms with Crippen LogP contribution in [0.15, 0.2) is 53.1 Å². The van der Waals surface area contributed by atoms with Crippen molar-refractivity contribution >= 4 is 27.6 Å². The lowest BCUT2D eigenvalue weighted by Gasteiger charge is -2.04. The zero-order valence-corrected chi connectivity index (χ0v) is 13.3. The van der Waals surface area contributed by atoms with Crippen molar-refractivity contribution in [1.29, 1.82) is 0 Å². The fourth-order valence-electron chi connectivity index (χ4n) is 3.14. The van der Waals surface area contributed by atoms with Crippen molar-refractivity contribution in [2.75, 3.05) is 0 Å². The Morgan fingerprint density at radius 1 is 1.12 bits per heavy atom. The van der Waals surface area contributed by atoms with E-state index in [1.54, 1.807) is 6.07 Å². The van der Waals surface area contributed by atoms with Crippen LogP contribution in [0, 0.1) is 19.3 Å². The van der Waals surface area contributed by atoms with Gasteiger partial charge in [0.15, 0.2) is 6.20 Å². The molecule has 4 heteroatoms. The molecule has 0 radical (unpaired) electrons. The molecular weight excluding hydrogens is 303 g/mol. The molecule has 0 fully saturated rings. The van der Waals surface area contributed by atoms with Gasteiger partial charge in [-0.2, -0.15) is 0 Å².